The van der Waals surface area contributed by atoms with Crippen LogP contribution < -0.4 is 4.74 Å². The van der Waals surface area contributed by atoms with E-state index in [1.165, 1.54) is 4.90 Å². The lowest BCUT2D eigenvalue weighted by Gasteiger charge is -2.24. The number of ether oxygens (including phenoxy) is 2. The van der Waals surface area contributed by atoms with Crippen molar-refractivity contribution in [1.29, 1.82) is 0 Å². The van der Waals surface area contributed by atoms with E-state index in [-0.39, 0.29) is 24.5 Å². The molecule has 2 aromatic carbocycles. The molecule has 1 aliphatic rings. The van der Waals surface area contributed by atoms with Crippen LogP contribution in [-0.2, 0) is 21.4 Å². The number of Topliss-reactive ketones (excluding diaryl/α,β-unsaturated/α-hetero) is 1. The number of nitrogens with zero attached hydrogens (tertiary/aromatic N) is 2. The monoisotopic (exact) mass is 448 g/mol. The SMILES string of the molecule is COCCN1C(=O)C(=O)/C(=C(/O)c2cc(C)c(OC)cc2C)C1c1cn(C)c2ccccc12. The van der Waals surface area contributed by atoms with E-state index in [1.54, 1.807) is 20.3 Å². The number of rotatable bonds is 6. The molecule has 0 radical (unpaired) electrons. The number of ketones is 1. The Hall–Kier alpha value is -3.58. The van der Waals surface area contributed by atoms with Crippen molar-refractivity contribution in [2.24, 2.45) is 7.05 Å². The number of hydrogen-bond acceptors (Lipinski definition) is 5. The number of aliphatic hydroxyl groups is 1. The second kappa shape index (κ2) is 8.75. The van der Waals surface area contributed by atoms with Crippen molar-refractivity contribution < 1.29 is 24.2 Å². The maximum atomic E-state index is 13.3. The fourth-order valence-electron chi connectivity index (χ4n) is 4.62. The molecular formula is C26H28N2O5. The van der Waals surface area contributed by atoms with E-state index in [0.717, 1.165) is 27.6 Å². The first-order valence-electron chi connectivity index (χ1n) is 10.8. The van der Waals surface area contributed by atoms with Gasteiger partial charge in [-0.2, -0.15) is 0 Å². The highest BCUT2D eigenvalue weighted by Gasteiger charge is 2.47. The van der Waals surface area contributed by atoms with Crippen molar-refractivity contribution >= 4 is 28.4 Å². The maximum Gasteiger partial charge on any atom is 0.295 e. The Labute approximate surface area is 192 Å². The topological polar surface area (TPSA) is 81.0 Å². The van der Waals surface area contributed by atoms with Crippen LogP contribution in [0.4, 0.5) is 0 Å². The van der Waals surface area contributed by atoms with Crippen LogP contribution in [0, 0.1) is 13.8 Å². The Balaban J connectivity index is 1.98. The lowest BCUT2D eigenvalue weighted by Crippen LogP contribution is -2.32. The normalized spacial score (nSPS) is 17.8. The number of hydrogen-bond donors (Lipinski definition) is 1. The van der Waals surface area contributed by atoms with Crippen LogP contribution in [0.5, 0.6) is 5.75 Å². The molecule has 0 spiro atoms. The summed E-state index contributed by atoms with van der Waals surface area (Å²) in [6.45, 7) is 4.21. The number of aliphatic hydroxyl groups excluding tert-OH is 1. The van der Waals surface area contributed by atoms with Crippen LogP contribution >= 0.6 is 0 Å². The minimum Gasteiger partial charge on any atom is -0.507 e. The van der Waals surface area contributed by atoms with Gasteiger partial charge in [-0.15, -0.1) is 0 Å². The average Bonchev–Trinajstić information content (AvgIpc) is 3.27. The largest absolute Gasteiger partial charge is 0.507 e. The fourth-order valence-corrected chi connectivity index (χ4v) is 4.62. The summed E-state index contributed by atoms with van der Waals surface area (Å²) >= 11 is 0. The molecule has 0 aliphatic carbocycles. The van der Waals surface area contributed by atoms with Crippen LogP contribution in [0.2, 0.25) is 0 Å². The van der Waals surface area contributed by atoms with Crippen molar-refractivity contribution in [3.63, 3.8) is 0 Å². The van der Waals surface area contributed by atoms with Gasteiger partial charge in [0.15, 0.2) is 0 Å². The molecule has 1 aliphatic heterocycles. The zero-order valence-corrected chi connectivity index (χ0v) is 19.5. The first-order valence-corrected chi connectivity index (χ1v) is 10.8. The number of likely N-dealkylation sites (tertiary alicyclic amines) is 1. The zero-order chi connectivity index (χ0) is 23.9. The Bertz CT molecular complexity index is 1290. The summed E-state index contributed by atoms with van der Waals surface area (Å²) < 4.78 is 12.5. The van der Waals surface area contributed by atoms with Crippen LogP contribution in [0.25, 0.3) is 16.7 Å². The number of fused-ring (bicyclic) bond motifs is 1. The number of aryl methyl sites for hydroxylation is 3. The molecule has 1 saturated heterocycles. The molecule has 7 heteroatoms. The van der Waals surface area contributed by atoms with Gasteiger partial charge in [-0.1, -0.05) is 18.2 Å². The molecule has 3 aromatic rings. The zero-order valence-electron chi connectivity index (χ0n) is 19.5. The Morgan fingerprint density at radius 2 is 1.82 bits per heavy atom. The van der Waals surface area contributed by atoms with E-state index in [4.69, 9.17) is 9.47 Å². The van der Waals surface area contributed by atoms with E-state index in [1.807, 2.05) is 62.0 Å². The third-order valence-electron chi connectivity index (χ3n) is 6.30. The van der Waals surface area contributed by atoms with Gasteiger partial charge in [-0.25, -0.2) is 0 Å². The molecule has 1 N–H and O–H groups in total. The molecule has 1 aromatic heterocycles. The number of amides is 1. The number of methoxy groups -OCH3 is 2. The predicted molar refractivity (Wildman–Crippen MR) is 126 cm³/mol. The first kappa shape index (κ1) is 22.6. The third-order valence-corrected chi connectivity index (χ3v) is 6.30. The highest BCUT2D eigenvalue weighted by molar-refractivity contribution is 6.46. The van der Waals surface area contributed by atoms with Gasteiger partial charge in [0.2, 0.25) is 0 Å². The van der Waals surface area contributed by atoms with Crippen molar-refractivity contribution in [2.75, 3.05) is 27.4 Å². The van der Waals surface area contributed by atoms with Gasteiger partial charge in [0, 0.05) is 48.9 Å². The molecule has 1 atom stereocenters. The number of benzene rings is 2. The van der Waals surface area contributed by atoms with Crippen molar-refractivity contribution in [3.05, 3.63) is 70.4 Å². The van der Waals surface area contributed by atoms with E-state index in [9.17, 15) is 14.7 Å². The van der Waals surface area contributed by atoms with Crippen molar-refractivity contribution in [2.45, 2.75) is 19.9 Å². The molecule has 33 heavy (non-hydrogen) atoms. The number of carbonyl (C=O) groups excluding carboxylic acids is 2. The number of carbonyl (C=O) groups is 2. The summed E-state index contributed by atoms with van der Waals surface area (Å²) in [6, 6.07) is 10.7. The molecule has 1 amide bonds. The van der Waals surface area contributed by atoms with Gasteiger partial charge in [-0.3, -0.25) is 9.59 Å². The van der Waals surface area contributed by atoms with Gasteiger partial charge in [0.25, 0.3) is 11.7 Å². The van der Waals surface area contributed by atoms with Crippen LogP contribution in [0.15, 0.2) is 48.2 Å². The quantitative estimate of drug-likeness (QED) is 0.352. The average molecular weight is 449 g/mol. The number of para-hydroxylation sites is 1. The molecule has 2 heterocycles. The minimum atomic E-state index is -0.729. The summed E-state index contributed by atoms with van der Waals surface area (Å²) in [5, 5.41) is 12.4. The first-order chi connectivity index (χ1) is 15.8. The van der Waals surface area contributed by atoms with E-state index >= 15 is 0 Å². The molecule has 7 nitrogen and oxygen atoms in total. The van der Waals surface area contributed by atoms with Crippen LogP contribution in [0.1, 0.15) is 28.3 Å². The Morgan fingerprint density at radius 3 is 2.52 bits per heavy atom. The molecule has 1 fully saturated rings. The Kier molecular flexibility index (Phi) is 5.99. The third kappa shape index (κ3) is 3.68. The molecule has 4 rings (SSSR count). The summed E-state index contributed by atoms with van der Waals surface area (Å²) in [7, 11) is 5.06. The van der Waals surface area contributed by atoms with E-state index < -0.39 is 17.7 Å². The maximum absolute atomic E-state index is 13.3. The van der Waals surface area contributed by atoms with Gasteiger partial charge in [0.05, 0.1) is 25.3 Å². The second-order valence-corrected chi connectivity index (χ2v) is 8.33. The molecule has 0 saturated carbocycles. The van der Waals surface area contributed by atoms with Crippen molar-refractivity contribution in [1.82, 2.24) is 9.47 Å². The Morgan fingerprint density at radius 1 is 1.09 bits per heavy atom. The fraction of sp³-hybridized carbons (Fsp3) is 0.308. The smallest absolute Gasteiger partial charge is 0.295 e. The molecule has 0 bridgehead atoms. The minimum absolute atomic E-state index is 0.0834. The lowest BCUT2D eigenvalue weighted by molar-refractivity contribution is -0.140. The van der Waals surface area contributed by atoms with Crippen LogP contribution in [0.3, 0.4) is 0 Å². The van der Waals surface area contributed by atoms with Gasteiger partial charge < -0.3 is 24.0 Å². The van der Waals surface area contributed by atoms with E-state index in [0.29, 0.717) is 11.3 Å². The van der Waals surface area contributed by atoms with Gasteiger partial charge in [0.1, 0.15) is 11.5 Å². The summed E-state index contributed by atoms with van der Waals surface area (Å²) in [5.74, 6) is -0.839. The van der Waals surface area contributed by atoms with Crippen molar-refractivity contribution in [3.8, 4) is 5.75 Å². The highest BCUT2D eigenvalue weighted by Crippen LogP contribution is 2.43. The predicted octanol–water partition coefficient (Wildman–Crippen LogP) is 3.87. The molecule has 1 unspecified atom stereocenters. The molecular weight excluding hydrogens is 420 g/mol. The summed E-state index contributed by atoms with van der Waals surface area (Å²) in [5.41, 5.74) is 3.91. The van der Waals surface area contributed by atoms with Crippen LogP contribution in [-0.4, -0.2) is 53.6 Å². The summed E-state index contributed by atoms with van der Waals surface area (Å²) in [6.07, 6.45) is 1.92. The van der Waals surface area contributed by atoms with Gasteiger partial charge >= 0.3 is 0 Å². The molecule has 172 valence electrons. The van der Waals surface area contributed by atoms with E-state index in [2.05, 4.69) is 0 Å². The van der Waals surface area contributed by atoms with Gasteiger partial charge in [-0.05, 0) is 43.2 Å². The second-order valence-electron chi connectivity index (χ2n) is 8.33. The highest BCUT2D eigenvalue weighted by atomic mass is 16.5. The lowest BCUT2D eigenvalue weighted by atomic mass is 9.93. The summed E-state index contributed by atoms with van der Waals surface area (Å²) in [4.78, 5) is 27.8. The number of aromatic nitrogens is 1. The standard InChI is InChI=1S/C26H28N2O5/c1-15-13-21(33-5)16(2)12-18(15)24(29)22-23(28(10-11-32-4)26(31)25(22)30)19-14-27(3)20-9-7-6-8-17(19)20/h6-9,12-14,23,29H,10-11H2,1-5H3/b24-22+.